The summed E-state index contributed by atoms with van der Waals surface area (Å²) in [6.07, 6.45) is 0. The van der Waals surface area contributed by atoms with E-state index in [1.165, 1.54) is 11.3 Å². The first-order valence-corrected chi connectivity index (χ1v) is 5.70. The molecule has 1 unspecified atom stereocenters. The second kappa shape index (κ2) is 4.61. The maximum absolute atomic E-state index is 10.8. The Labute approximate surface area is 93.4 Å². The smallest absolute Gasteiger partial charge is 0.347 e. The number of carboxylic acid groups (broad SMARTS) is 1. The van der Waals surface area contributed by atoms with E-state index >= 15 is 0 Å². The normalized spacial score (nSPS) is 12.9. The first kappa shape index (κ1) is 12.0. The fourth-order valence-corrected chi connectivity index (χ4v) is 1.92. The van der Waals surface area contributed by atoms with Gasteiger partial charge in [0.1, 0.15) is 4.88 Å². The summed E-state index contributed by atoms with van der Waals surface area (Å²) in [4.78, 5) is 15.3. The largest absolute Gasteiger partial charge is 0.477 e. The molecule has 84 valence electrons. The molecule has 1 aromatic heterocycles. The van der Waals surface area contributed by atoms with Crippen molar-refractivity contribution in [1.82, 2.24) is 4.98 Å². The maximum Gasteiger partial charge on any atom is 0.347 e. The molecule has 0 fully saturated rings. The van der Waals surface area contributed by atoms with E-state index in [0.717, 1.165) is 0 Å². The summed E-state index contributed by atoms with van der Waals surface area (Å²) in [5, 5.41) is 12.8. The Hall–Kier alpha value is -1.10. The van der Waals surface area contributed by atoms with Gasteiger partial charge in [0, 0.05) is 6.04 Å². The highest BCUT2D eigenvalue weighted by molar-refractivity contribution is 7.17. The molecular weight excluding hydrogens is 212 g/mol. The zero-order valence-electron chi connectivity index (χ0n) is 9.37. The molecule has 2 N–H and O–H groups in total. The number of aryl methyl sites for hydroxylation is 1. The van der Waals surface area contributed by atoms with Crippen LogP contribution in [0.4, 0.5) is 5.13 Å². The number of nitrogens with zero attached hydrogens (tertiary/aromatic N) is 1. The highest BCUT2D eigenvalue weighted by atomic mass is 32.1. The van der Waals surface area contributed by atoms with Crippen molar-refractivity contribution in [3.63, 3.8) is 0 Å². The highest BCUT2D eigenvalue weighted by Gasteiger charge is 2.15. The van der Waals surface area contributed by atoms with Gasteiger partial charge in [-0.1, -0.05) is 25.2 Å². The van der Waals surface area contributed by atoms with Crippen molar-refractivity contribution >= 4 is 22.4 Å². The summed E-state index contributed by atoms with van der Waals surface area (Å²) in [6.45, 7) is 7.99. The molecule has 0 aromatic carbocycles. The number of aromatic carboxylic acids is 1. The van der Waals surface area contributed by atoms with Crippen molar-refractivity contribution in [3.8, 4) is 0 Å². The topological polar surface area (TPSA) is 62.2 Å². The number of carboxylic acids is 1. The van der Waals surface area contributed by atoms with E-state index in [1.807, 2.05) is 0 Å². The lowest BCUT2D eigenvalue weighted by molar-refractivity contribution is 0.0701. The lowest BCUT2D eigenvalue weighted by Crippen LogP contribution is -2.21. The minimum atomic E-state index is -0.907. The number of carbonyl (C=O) groups is 1. The highest BCUT2D eigenvalue weighted by Crippen LogP contribution is 2.23. The van der Waals surface area contributed by atoms with Crippen LogP contribution in [0.15, 0.2) is 0 Å². The summed E-state index contributed by atoms with van der Waals surface area (Å²) < 4.78 is 0. The van der Waals surface area contributed by atoms with Gasteiger partial charge in [-0.3, -0.25) is 0 Å². The average Bonchev–Trinajstić information content (AvgIpc) is 2.46. The fourth-order valence-electron chi connectivity index (χ4n) is 1.02. The van der Waals surface area contributed by atoms with E-state index in [0.29, 0.717) is 21.6 Å². The van der Waals surface area contributed by atoms with Crippen LogP contribution in [0.25, 0.3) is 0 Å². The van der Waals surface area contributed by atoms with Gasteiger partial charge in [0.15, 0.2) is 5.13 Å². The molecule has 0 radical (unpaired) electrons. The summed E-state index contributed by atoms with van der Waals surface area (Å²) in [5.74, 6) is -0.419. The first-order valence-electron chi connectivity index (χ1n) is 4.89. The SMILES string of the molecule is Cc1nc(NC(C)C(C)C)sc1C(=O)O. The molecule has 0 spiro atoms. The molecule has 1 heterocycles. The zero-order chi connectivity index (χ0) is 11.6. The van der Waals surface area contributed by atoms with E-state index in [9.17, 15) is 4.79 Å². The number of rotatable bonds is 4. The number of hydrogen-bond donors (Lipinski definition) is 2. The Morgan fingerprint density at radius 3 is 2.47 bits per heavy atom. The van der Waals surface area contributed by atoms with Crippen LogP contribution in [0.2, 0.25) is 0 Å². The Bertz CT molecular complexity index is 360. The average molecular weight is 228 g/mol. The van der Waals surface area contributed by atoms with Gasteiger partial charge in [0.05, 0.1) is 5.69 Å². The quantitative estimate of drug-likeness (QED) is 0.831. The monoisotopic (exact) mass is 228 g/mol. The van der Waals surface area contributed by atoms with Crippen molar-refractivity contribution in [2.45, 2.75) is 33.7 Å². The zero-order valence-corrected chi connectivity index (χ0v) is 10.2. The number of nitrogens with one attached hydrogen (secondary N) is 1. The van der Waals surface area contributed by atoms with Gasteiger partial charge < -0.3 is 10.4 Å². The van der Waals surface area contributed by atoms with Crippen LogP contribution in [-0.4, -0.2) is 22.1 Å². The summed E-state index contributed by atoms with van der Waals surface area (Å²) in [5.41, 5.74) is 0.575. The molecule has 0 aliphatic heterocycles. The Balaban J connectivity index is 2.80. The number of thiazole rings is 1. The standard InChI is InChI=1S/C10H16N2O2S/c1-5(2)6(3)11-10-12-7(4)8(15-10)9(13)14/h5-6H,1-4H3,(H,11,12)(H,13,14). The molecule has 0 aliphatic carbocycles. The van der Waals surface area contributed by atoms with Gasteiger partial charge in [-0.2, -0.15) is 0 Å². The third-order valence-corrected chi connectivity index (χ3v) is 3.42. The van der Waals surface area contributed by atoms with E-state index in [-0.39, 0.29) is 6.04 Å². The third-order valence-electron chi connectivity index (χ3n) is 2.34. The molecule has 15 heavy (non-hydrogen) atoms. The van der Waals surface area contributed by atoms with Crippen LogP contribution >= 0.6 is 11.3 Å². The van der Waals surface area contributed by atoms with Crippen molar-refractivity contribution in [2.75, 3.05) is 5.32 Å². The van der Waals surface area contributed by atoms with Gasteiger partial charge in [-0.15, -0.1) is 0 Å². The molecule has 0 amide bonds. The molecule has 1 atom stereocenters. The summed E-state index contributed by atoms with van der Waals surface area (Å²) in [6, 6.07) is 0.289. The Morgan fingerprint density at radius 1 is 1.47 bits per heavy atom. The molecule has 0 bridgehead atoms. The van der Waals surface area contributed by atoms with Gasteiger partial charge in [0.25, 0.3) is 0 Å². The fraction of sp³-hybridized carbons (Fsp3) is 0.600. The number of aromatic nitrogens is 1. The Morgan fingerprint density at radius 2 is 2.07 bits per heavy atom. The molecule has 1 rings (SSSR count). The van der Waals surface area contributed by atoms with Gasteiger partial charge in [-0.05, 0) is 19.8 Å². The van der Waals surface area contributed by atoms with Gasteiger partial charge in [-0.25, -0.2) is 9.78 Å². The predicted molar refractivity (Wildman–Crippen MR) is 61.7 cm³/mol. The van der Waals surface area contributed by atoms with E-state index in [1.54, 1.807) is 6.92 Å². The predicted octanol–water partition coefficient (Wildman–Crippen LogP) is 2.61. The summed E-state index contributed by atoms with van der Waals surface area (Å²) in [7, 11) is 0. The lowest BCUT2D eigenvalue weighted by atomic mass is 10.1. The van der Waals surface area contributed by atoms with Crippen molar-refractivity contribution in [3.05, 3.63) is 10.6 Å². The van der Waals surface area contributed by atoms with E-state index < -0.39 is 5.97 Å². The summed E-state index contributed by atoms with van der Waals surface area (Å²) >= 11 is 1.19. The maximum atomic E-state index is 10.8. The van der Waals surface area contributed by atoms with Crippen LogP contribution in [0.3, 0.4) is 0 Å². The molecule has 0 aliphatic rings. The molecule has 1 aromatic rings. The number of hydrogen-bond acceptors (Lipinski definition) is 4. The first-order chi connectivity index (χ1) is 6.91. The minimum absolute atomic E-state index is 0.289. The van der Waals surface area contributed by atoms with Crippen LogP contribution in [0, 0.1) is 12.8 Å². The second-order valence-electron chi connectivity index (χ2n) is 3.92. The van der Waals surface area contributed by atoms with Crippen molar-refractivity contribution in [2.24, 2.45) is 5.92 Å². The number of anilines is 1. The van der Waals surface area contributed by atoms with Crippen LogP contribution in [0.1, 0.15) is 36.1 Å². The molecule has 0 saturated carbocycles. The third kappa shape index (κ3) is 2.92. The van der Waals surface area contributed by atoms with Crippen LogP contribution in [-0.2, 0) is 0 Å². The van der Waals surface area contributed by atoms with Crippen LogP contribution in [0.5, 0.6) is 0 Å². The lowest BCUT2D eigenvalue weighted by Gasteiger charge is -2.16. The van der Waals surface area contributed by atoms with E-state index in [4.69, 9.17) is 5.11 Å². The molecule has 5 heteroatoms. The molecular formula is C10H16N2O2S. The second-order valence-corrected chi connectivity index (χ2v) is 4.91. The van der Waals surface area contributed by atoms with Crippen molar-refractivity contribution in [1.29, 1.82) is 0 Å². The van der Waals surface area contributed by atoms with Gasteiger partial charge in [0.2, 0.25) is 0 Å². The minimum Gasteiger partial charge on any atom is -0.477 e. The Kier molecular flexibility index (Phi) is 3.68. The van der Waals surface area contributed by atoms with Crippen LogP contribution < -0.4 is 5.32 Å². The van der Waals surface area contributed by atoms with E-state index in [2.05, 4.69) is 31.1 Å². The van der Waals surface area contributed by atoms with Gasteiger partial charge >= 0.3 is 5.97 Å². The molecule has 0 saturated heterocycles. The molecule has 4 nitrogen and oxygen atoms in total. The van der Waals surface area contributed by atoms with Crippen molar-refractivity contribution < 1.29 is 9.90 Å².